The zero-order valence-corrected chi connectivity index (χ0v) is 13.1. The van der Waals surface area contributed by atoms with Crippen molar-refractivity contribution in [1.29, 1.82) is 0 Å². The van der Waals surface area contributed by atoms with Gasteiger partial charge < -0.3 is 5.32 Å². The van der Waals surface area contributed by atoms with E-state index in [0.717, 1.165) is 18.9 Å². The molecule has 112 valence electrons. The highest BCUT2D eigenvalue weighted by atomic mass is 15.1. The molecule has 3 heteroatoms. The molecular weight excluding hydrogens is 258 g/mol. The summed E-state index contributed by atoms with van der Waals surface area (Å²) in [6, 6.07) is 10.5. The van der Waals surface area contributed by atoms with E-state index in [1.165, 1.54) is 37.1 Å². The first kappa shape index (κ1) is 14.3. The topological polar surface area (TPSA) is 29.9 Å². The third-order valence-electron chi connectivity index (χ3n) is 5.00. The Morgan fingerprint density at radius 1 is 1.24 bits per heavy atom. The standard InChI is InChI=1S/C18H25N3/c1-3-18(10-7-11-18)14-19-12-17-13-20-15(2)21(17)16-8-5-4-6-9-16/h4-6,8-9,13,19H,3,7,10-12,14H2,1-2H3. The summed E-state index contributed by atoms with van der Waals surface area (Å²) in [6.07, 6.45) is 7.45. The molecule has 0 bridgehead atoms. The number of hydrogen-bond donors (Lipinski definition) is 1. The van der Waals surface area contributed by atoms with Crippen molar-refractivity contribution in [1.82, 2.24) is 14.9 Å². The van der Waals surface area contributed by atoms with E-state index in [-0.39, 0.29) is 0 Å². The Kier molecular flexibility index (Phi) is 4.11. The molecule has 1 heterocycles. The number of imidazole rings is 1. The lowest BCUT2D eigenvalue weighted by Crippen LogP contribution is -2.39. The van der Waals surface area contributed by atoms with Crippen molar-refractivity contribution in [3.8, 4) is 5.69 Å². The van der Waals surface area contributed by atoms with Gasteiger partial charge >= 0.3 is 0 Å². The first-order valence-corrected chi connectivity index (χ1v) is 8.03. The van der Waals surface area contributed by atoms with Crippen LogP contribution in [-0.4, -0.2) is 16.1 Å². The summed E-state index contributed by atoms with van der Waals surface area (Å²) in [6.45, 7) is 6.40. The predicted octanol–water partition coefficient (Wildman–Crippen LogP) is 3.85. The fourth-order valence-electron chi connectivity index (χ4n) is 3.33. The van der Waals surface area contributed by atoms with Crippen LogP contribution in [0.15, 0.2) is 36.5 Å². The second-order valence-corrected chi connectivity index (χ2v) is 6.28. The van der Waals surface area contributed by atoms with E-state index in [9.17, 15) is 0 Å². The number of hydrogen-bond acceptors (Lipinski definition) is 2. The Morgan fingerprint density at radius 3 is 2.62 bits per heavy atom. The molecule has 1 saturated carbocycles. The molecule has 3 rings (SSSR count). The highest BCUT2D eigenvalue weighted by Gasteiger charge is 2.34. The van der Waals surface area contributed by atoms with Crippen LogP contribution in [0.5, 0.6) is 0 Å². The van der Waals surface area contributed by atoms with Crippen molar-refractivity contribution < 1.29 is 0 Å². The summed E-state index contributed by atoms with van der Waals surface area (Å²) in [7, 11) is 0. The Bertz CT molecular complexity index is 576. The van der Waals surface area contributed by atoms with Crippen molar-refractivity contribution in [2.75, 3.05) is 6.54 Å². The monoisotopic (exact) mass is 283 g/mol. The van der Waals surface area contributed by atoms with E-state index >= 15 is 0 Å². The minimum atomic E-state index is 0.562. The summed E-state index contributed by atoms with van der Waals surface area (Å²) in [4.78, 5) is 4.49. The lowest BCUT2D eigenvalue weighted by molar-refractivity contribution is 0.123. The van der Waals surface area contributed by atoms with Crippen LogP contribution >= 0.6 is 0 Å². The van der Waals surface area contributed by atoms with Gasteiger partial charge in [0.05, 0.1) is 11.9 Å². The van der Waals surface area contributed by atoms with Crippen molar-refractivity contribution in [2.45, 2.75) is 46.1 Å². The van der Waals surface area contributed by atoms with Gasteiger partial charge in [-0.25, -0.2) is 4.98 Å². The second-order valence-electron chi connectivity index (χ2n) is 6.28. The minimum Gasteiger partial charge on any atom is -0.311 e. The van der Waals surface area contributed by atoms with Crippen LogP contribution in [0.25, 0.3) is 5.69 Å². The van der Waals surface area contributed by atoms with Crippen LogP contribution in [0.2, 0.25) is 0 Å². The van der Waals surface area contributed by atoms with Crippen molar-refractivity contribution in [3.05, 3.63) is 48.0 Å². The van der Waals surface area contributed by atoms with Gasteiger partial charge in [0.1, 0.15) is 5.82 Å². The number of aromatic nitrogens is 2. The van der Waals surface area contributed by atoms with Gasteiger partial charge in [-0.3, -0.25) is 4.57 Å². The minimum absolute atomic E-state index is 0.562. The van der Waals surface area contributed by atoms with Crippen LogP contribution in [0, 0.1) is 12.3 Å². The first-order valence-electron chi connectivity index (χ1n) is 8.03. The molecule has 0 spiro atoms. The number of nitrogens with one attached hydrogen (secondary N) is 1. The summed E-state index contributed by atoms with van der Waals surface area (Å²) < 4.78 is 2.24. The lowest BCUT2D eigenvalue weighted by Gasteiger charge is -2.41. The summed E-state index contributed by atoms with van der Waals surface area (Å²) in [5.74, 6) is 1.05. The van der Waals surface area contributed by atoms with Crippen LogP contribution in [0.1, 0.15) is 44.1 Å². The Balaban J connectivity index is 1.69. The van der Waals surface area contributed by atoms with Crippen LogP contribution < -0.4 is 5.32 Å². The third kappa shape index (κ3) is 2.88. The van der Waals surface area contributed by atoms with Gasteiger partial charge in [-0.15, -0.1) is 0 Å². The van der Waals surface area contributed by atoms with Gasteiger partial charge in [0, 0.05) is 18.8 Å². The summed E-state index contributed by atoms with van der Waals surface area (Å²) >= 11 is 0. The van der Waals surface area contributed by atoms with E-state index in [2.05, 4.69) is 59.0 Å². The molecule has 1 aliphatic carbocycles. The predicted molar refractivity (Wildman–Crippen MR) is 86.6 cm³/mol. The van der Waals surface area contributed by atoms with Crippen LogP contribution in [-0.2, 0) is 6.54 Å². The lowest BCUT2D eigenvalue weighted by atomic mass is 9.67. The second kappa shape index (κ2) is 6.02. The van der Waals surface area contributed by atoms with E-state index < -0.39 is 0 Å². The fourth-order valence-corrected chi connectivity index (χ4v) is 3.33. The molecular formula is C18H25N3. The molecule has 3 nitrogen and oxygen atoms in total. The first-order chi connectivity index (χ1) is 10.2. The molecule has 21 heavy (non-hydrogen) atoms. The van der Waals surface area contributed by atoms with E-state index in [1.807, 2.05) is 6.20 Å². The SMILES string of the molecule is CCC1(CNCc2cnc(C)n2-c2ccccc2)CCC1. The van der Waals surface area contributed by atoms with Crippen LogP contribution in [0.3, 0.4) is 0 Å². The highest BCUT2D eigenvalue weighted by Crippen LogP contribution is 2.43. The maximum Gasteiger partial charge on any atom is 0.110 e. The number of aryl methyl sites for hydroxylation is 1. The Hall–Kier alpha value is -1.61. The van der Waals surface area contributed by atoms with Crippen LogP contribution in [0.4, 0.5) is 0 Å². The number of benzene rings is 1. The molecule has 0 radical (unpaired) electrons. The molecule has 0 atom stereocenters. The molecule has 1 aliphatic rings. The molecule has 0 saturated heterocycles. The third-order valence-corrected chi connectivity index (χ3v) is 5.00. The van der Waals surface area contributed by atoms with Gasteiger partial charge in [-0.2, -0.15) is 0 Å². The summed E-state index contributed by atoms with van der Waals surface area (Å²) in [5.41, 5.74) is 2.99. The molecule has 0 amide bonds. The largest absolute Gasteiger partial charge is 0.311 e. The molecule has 0 unspecified atom stereocenters. The van der Waals surface area contributed by atoms with Crippen molar-refractivity contribution >= 4 is 0 Å². The quantitative estimate of drug-likeness (QED) is 0.872. The van der Waals surface area contributed by atoms with Gasteiger partial charge in [0.2, 0.25) is 0 Å². The van der Waals surface area contributed by atoms with E-state index in [4.69, 9.17) is 0 Å². The smallest absolute Gasteiger partial charge is 0.110 e. The van der Waals surface area contributed by atoms with E-state index in [0.29, 0.717) is 5.41 Å². The van der Waals surface area contributed by atoms with Gasteiger partial charge in [0.25, 0.3) is 0 Å². The van der Waals surface area contributed by atoms with Gasteiger partial charge in [0.15, 0.2) is 0 Å². The molecule has 1 aromatic carbocycles. The zero-order chi connectivity index (χ0) is 14.7. The van der Waals surface area contributed by atoms with Gasteiger partial charge in [-0.1, -0.05) is 31.5 Å². The Labute approximate surface area is 127 Å². The highest BCUT2D eigenvalue weighted by molar-refractivity contribution is 5.35. The average molecular weight is 283 g/mol. The number of nitrogens with zero attached hydrogens (tertiary/aromatic N) is 2. The average Bonchev–Trinajstić information content (AvgIpc) is 2.84. The maximum atomic E-state index is 4.49. The fraction of sp³-hybridized carbons (Fsp3) is 0.500. The summed E-state index contributed by atoms with van der Waals surface area (Å²) in [5, 5.41) is 3.66. The molecule has 1 N–H and O–H groups in total. The molecule has 1 fully saturated rings. The molecule has 1 aromatic heterocycles. The van der Waals surface area contributed by atoms with E-state index in [1.54, 1.807) is 0 Å². The van der Waals surface area contributed by atoms with Crippen molar-refractivity contribution in [2.24, 2.45) is 5.41 Å². The number of rotatable bonds is 6. The molecule has 2 aromatic rings. The molecule has 0 aliphatic heterocycles. The van der Waals surface area contributed by atoms with Gasteiger partial charge in [-0.05, 0) is 43.7 Å². The zero-order valence-electron chi connectivity index (χ0n) is 13.1. The normalized spacial score (nSPS) is 16.7. The van der Waals surface area contributed by atoms with Crippen molar-refractivity contribution in [3.63, 3.8) is 0 Å². The number of para-hydroxylation sites is 1. The maximum absolute atomic E-state index is 4.49. The Morgan fingerprint density at radius 2 is 2.00 bits per heavy atom.